The fraction of sp³-hybridized carbons (Fsp3) is 0.533. The number of aliphatic carboxylic acids is 1. The molecule has 1 N–H and O–H groups in total. The van der Waals surface area contributed by atoms with Gasteiger partial charge in [-0.3, -0.25) is 4.79 Å². The Morgan fingerprint density at radius 2 is 2.27 bits per heavy atom. The first-order valence-electron chi connectivity index (χ1n) is 7.23. The number of rotatable bonds is 7. The summed E-state index contributed by atoms with van der Waals surface area (Å²) < 4.78 is 10.8. The molecule has 2 heterocycles. The lowest BCUT2D eigenvalue weighted by Gasteiger charge is -2.26. The van der Waals surface area contributed by atoms with Gasteiger partial charge in [-0.15, -0.1) is 0 Å². The molecule has 0 aromatic carbocycles. The number of carbonyl (C=O) groups is 3. The fourth-order valence-electron chi connectivity index (χ4n) is 2.36. The van der Waals surface area contributed by atoms with Crippen LogP contribution in [0.3, 0.4) is 0 Å². The summed E-state index contributed by atoms with van der Waals surface area (Å²) >= 11 is 0. The molecule has 2 aliphatic heterocycles. The number of nitrogens with zero attached hydrogens (tertiary/aromatic N) is 1. The van der Waals surface area contributed by atoms with E-state index in [1.54, 1.807) is 23.4 Å². The molecule has 2 aliphatic rings. The number of carboxylic acids is 1. The van der Waals surface area contributed by atoms with Crippen molar-refractivity contribution >= 4 is 18.2 Å². The summed E-state index contributed by atoms with van der Waals surface area (Å²) in [5, 5.41) is 9.02. The highest BCUT2D eigenvalue weighted by atomic mass is 16.6. The van der Waals surface area contributed by atoms with Crippen LogP contribution in [0.25, 0.3) is 0 Å². The van der Waals surface area contributed by atoms with E-state index in [2.05, 4.69) is 0 Å². The predicted octanol–water partition coefficient (Wildman–Crippen LogP) is 1.20. The number of allylic oxidation sites excluding steroid dienone is 1. The Kier molecular flexibility index (Phi) is 5.71. The molecule has 0 amide bonds. The maximum Gasteiger partial charge on any atom is 0.333 e. The first-order valence-corrected chi connectivity index (χ1v) is 7.23. The summed E-state index contributed by atoms with van der Waals surface area (Å²) in [4.78, 5) is 34.2. The van der Waals surface area contributed by atoms with E-state index in [4.69, 9.17) is 14.6 Å². The third-order valence-electron chi connectivity index (χ3n) is 3.51. The standard InChI is InChI=1S/C15H19NO6/c17-8-2-4-14(18)21-10-12-5-6-13(22-12)16-7-1-3-11(9-16)15(19)20/h1,7-9,12-13H,2-6,10H2,(H,19,20). The minimum atomic E-state index is -0.937. The van der Waals surface area contributed by atoms with Crippen molar-refractivity contribution in [3.63, 3.8) is 0 Å². The molecule has 0 bridgehead atoms. The van der Waals surface area contributed by atoms with Crippen LogP contribution in [0.2, 0.25) is 0 Å². The van der Waals surface area contributed by atoms with Crippen LogP contribution < -0.4 is 0 Å². The van der Waals surface area contributed by atoms with Crippen molar-refractivity contribution in [2.45, 2.75) is 44.4 Å². The molecule has 0 spiro atoms. The Hall–Kier alpha value is -2.15. The molecule has 2 unspecified atom stereocenters. The minimum Gasteiger partial charge on any atom is -0.478 e. The molecule has 1 fully saturated rings. The Balaban J connectivity index is 1.79. The number of ether oxygens (including phenoxy) is 2. The van der Waals surface area contributed by atoms with Crippen LogP contribution in [0, 0.1) is 0 Å². The van der Waals surface area contributed by atoms with Crippen LogP contribution in [0.15, 0.2) is 24.0 Å². The van der Waals surface area contributed by atoms with Gasteiger partial charge in [0.2, 0.25) is 0 Å². The zero-order valence-corrected chi connectivity index (χ0v) is 12.1. The summed E-state index contributed by atoms with van der Waals surface area (Å²) in [7, 11) is 0. The molecule has 2 rings (SSSR count). The average Bonchev–Trinajstić information content (AvgIpc) is 3.00. The van der Waals surface area contributed by atoms with Crippen molar-refractivity contribution in [3.8, 4) is 0 Å². The largest absolute Gasteiger partial charge is 0.478 e. The summed E-state index contributed by atoms with van der Waals surface area (Å²) in [5.41, 5.74) is 0.315. The van der Waals surface area contributed by atoms with Gasteiger partial charge in [-0.2, -0.15) is 0 Å². The minimum absolute atomic E-state index is 0.0826. The number of hydrogen-bond acceptors (Lipinski definition) is 6. The molecular formula is C15H19NO6. The van der Waals surface area contributed by atoms with Gasteiger partial charge in [-0.25, -0.2) is 4.79 Å². The summed E-state index contributed by atoms with van der Waals surface area (Å²) in [6.45, 7) is 0.154. The van der Waals surface area contributed by atoms with E-state index in [0.29, 0.717) is 18.3 Å². The molecular weight excluding hydrogens is 290 g/mol. The highest BCUT2D eigenvalue weighted by molar-refractivity contribution is 5.87. The van der Waals surface area contributed by atoms with Crippen molar-refractivity contribution in [2.24, 2.45) is 0 Å². The fourth-order valence-corrected chi connectivity index (χ4v) is 2.36. The van der Waals surface area contributed by atoms with E-state index in [1.165, 1.54) is 0 Å². The lowest BCUT2D eigenvalue weighted by molar-refractivity contribution is -0.149. The van der Waals surface area contributed by atoms with Gasteiger partial charge in [-0.05, 0) is 12.8 Å². The van der Waals surface area contributed by atoms with Crippen LogP contribution in [0.5, 0.6) is 0 Å². The van der Waals surface area contributed by atoms with Gasteiger partial charge in [0.1, 0.15) is 19.1 Å². The lowest BCUT2D eigenvalue weighted by atomic mass is 10.1. The third kappa shape index (κ3) is 4.42. The maximum atomic E-state index is 11.3. The normalized spacial score (nSPS) is 24.0. The van der Waals surface area contributed by atoms with E-state index in [0.717, 1.165) is 12.8 Å². The first kappa shape index (κ1) is 16.2. The Morgan fingerprint density at radius 3 is 3.00 bits per heavy atom. The molecule has 0 aliphatic carbocycles. The Bertz CT molecular complexity index is 498. The van der Waals surface area contributed by atoms with Crippen LogP contribution >= 0.6 is 0 Å². The highest BCUT2D eigenvalue weighted by Gasteiger charge is 2.30. The Labute approximate surface area is 128 Å². The van der Waals surface area contributed by atoms with E-state index in [9.17, 15) is 14.4 Å². The number of esters is 1. The maximum absolute atomic E-state index is 11.3. The van der Waals surface area contributed by atoms with E-state index in [-0.39, 0.29) is 31.8 Å². The zero-order chi connectivity index (χ0) is 15.9. The second-order valence-corrected chi connectivity index (χ2v) is 5.17. The number of carbonyl (C=O) groups excluding carboxylic acids is 2. The summed E-state index contributed by atoms with van der Waals surface area (Å²) in [5.74, 6) is -1.35. The van der Waals surface area contributed by atoms with E-state index >= 15 is 0 Å². The van der Waals surface area contributed by atoms with Crippen LogP contribution in [0.4, 0.5) is 0 Å². The summed E-state index contributed by atoms with van der Waals surface area (Å²) in [6.07, 6.45) is 7.48. The topological polar surface area (TPSA) is 93.1 Å². The molecule has 0 aromatic rings. The molecule has 1 saturated heterocycles. The van der Waals surface area contributed by atoms with Gasteiger partial charge in [0.25, 0.3) is 0 Å². The van der Waals surface area contributed by atoms with Gasteiger partial charge >= 0.3 is 11.9 Å². The van der Waals surface area contributed by atoms with Gasteiger partial charge in [0.05, 0.1) is 18.1 Å². The van der Waals surface area contributed by atoms with Gasteiger partial charge in [0, 0.05) is 25.2 Å². The molecule has 22 heavy (non-hydrogen) atoms. The number of carboxylic acid groups (broad SMARTS) is 1. The third-order valence-corrected chi connectivity index (χ3v) is 3.51. The monoisotopic (exact) mass is 309 g/mol. The SMILES string of the molecule is O=CCCC(=O)OCC1CCC(N2C=CCC(C(=O)O)=C2)O1. The van der Waals surface area contributed by atoms with Crippen LogP contribution in [-0.2, 0) is 23.9 Å². The molecule has 7 nitrogen and oxygen atoms in total. The Morgan fingerprint density at radius 1 is 1.45 bits per heavy atom. The van der Waals surface area contributed by atoms with E-state index < -0.39 is 11.9 Å². The van der Waals surface area contributed by atoms with Crippen molar-refractivity contribution < 1.29 is 29.0 Å². The van der Waals surface area contributed by atoms with Crippen molar-refractivity contribution in [2.75, 3.05) is 6.61 Å². The smallest absolute Gasteiger partial charge is 0.333 e. The molecule has 0 aromatic heterocycles. The zero-order valence-electron chi connectivity index (χ0n) is 12.1. The number of hydrogen-bond donors (Lipinski definition) is 1. The molecule has 0 saturated carbocycles. The van der Waals surface area contributed by atoms with Crippen LogP contribution in [-0.4, -0.2) is 47.2 Å². The molecule has 7 heteroatoms. The van der Waals surface area contributed by atoms with Gasteiger partial charge in [-0.1, -0.05) is 6.08 Å². The van der Waals surface area contributed by atoms with Gasteiger partial charge < -0.3 is 24.3 Å². The highest BCUT2D eigenvalue weighted by Crippen LogP contribution is 2.26. The quantitative estimate of drug-likeness (QED) is 0.558. The lowest BCUT2D eigenvalue weighted by Crippen LogP contribution is -2.30. The first-order chi connectivity index (χ1) is 10.6. The van der Waals surface area contributed by atoms with Crippen molar-refractivity contribution in [3.05, 3.63) is 24.0 Å². The second kappa shape index (κ2) is 7.74. The average molecular weight is 309 g/mol. The second-order valence-electron chi connectivity index (χ2n) is 5.17. The van der Waals surface area contributed by atoms with Crippen LogP contribution in [0.1, 0.15) is 32.1 Å². The number of aldehydes is 1. The summed E-state index contributed by atoms with van der Waals surface area (Å²) in [6, 6.07) is 0. The molecule has 2 atom stereocenters. The predicted molar refractivity (Wildman–Crippen MR) is 75.5 cm³/mol. The van der Waals surface area contributed by atoms with Crippen molar-refractivity contribution in [1.82, 2.24) is 4.90 Å². The molecule has 0 radical (unpaired) electrons. The molecule has 120 valence electrons. The van der Waals surface area contributed by atoms with Gasteiger partial charge in [0.15, 0.2) is 0 Å². The van der Waals surface area contributed by atoms with Crippen molar-refractivity contribution in [1.29, 1.82) is 0 Å². The van der Waals surface area contributed by atoms with E-state index in [1.807, 2.05) is 0 Å².